The highest BCUT2D eigenvalue weighted by Gasteiger charge is 2.49. The third kappa shape index (κ3) is 4.73. The van der Waals surface area contributed by atoms with Crippen LogP contribution in [0.1, 0.15) is 61.0 Å². The lowest BCUT2D eigenvalue weighted by atomic mass is 9.65. The topological polar surface area (TPSA) is 58.0 Å². The molecule has 1 aliphatic carbocycles. The zero-order chi connectivity index (χ0) is 25.6. The lowest BCUT2D eigenvalue weighted by Gasteiger charge is -2.53. The minimum Gasteiger partial charge on any atom is -0.426 e. The van der Waals surface area contributed by atoms with Crippen LogP contribution in [0, 0.1) is 11.8 Å². The average molecular weight is 495 g/mol. The van der Waals surface area contributed by atoms with Gasteiger partial charge in [0.2, 0.25) is 5.91 Å². The van der Waals surface area contributed by atoms with Crippen molar-refractivity contribution in [1.29, 1.82) is 0 Å². The number of benzene rings is 1. The normalized spacial score (nSPS) is 26.9. The highest BCUT2D eigenvalue weighted by Crippen LogP contribution is 2.52. The van der Waals surface area contributed by atoms with Gasteiger partial charge in [-0.1, -0.05) is 13.3 Å². The molecule has 0 amide bonds. The lowest BCUT2D eigenvalue weighted by Crippen LogP contribution is -2.56. The molecule has 7 heteroatoms. The first-order valence-corrected chi connectivity index (χ1v) is 13.7. The molecule has 196 valence electrons. The SMILES string of the molecule is CC[C@H]1C[C@@H]2C[C@H]3c4c(c5cc(OC(=O)CCN(C)C)ccc5n4C(=O)CCN(C)C)CCN(C2)[C@@H]13. The summed E-state index contributed by atoms with van der Waals surface area (Å²) in [7, 11) is 7.93. The van der Waals surface area contributed by atoms with Crippen LogP contribution in [0.25, 0.3) is 10.9 Å². The van der Waals surface area contributed by atoms with Crippen molar-refractivity contribution in [3.05, 3.63) is 29.5 Å². The number of fused-ring (bicyclic) bond motifs is 4. The Kier molecular flexibility index (Phi) is 7.25. The second kappa shape index (κ2) is 10.3. The molecular formula is C29H42N4O3. The van der Waals surface area contributed by atoms with Crippen LogP contribution < -0.4 is 4.74 Å². The van der Waals surface area contributed by atoms with Gasteiger partial charge in [0.05, 0.1) is 11.9 Å². The predicted molar refractivity (Wildman–Crippen MR) is 143 cm³/mol. The monoisotopic (exact) mass is 494 g/mol. The third-order valence-electron chi connectivity index (χ3n) is 8.66. The average Bonchev–Trinajstić information content (AvgIpc) is 3.12. The minimum absolute atomic E-state index is 0.175. The van der Waals surface area contributed by atoms with Gasteiger partial charge in [-0.05, 0) is 83.1 Å². The molecule has 3 fully saturated rings. The molecular weight excluding hydrogens is 452 g/mol. The van der Waals surface area contributed by atoms with Crippen LogP contribution in [0.2, 0.25) is 0 Å². The van der Waals surface area contributed by atoms with Crippen molar-refractivity contribution in [2.24, 2.45) is 11.8 Å². The van der Waals surface area contributed by atoms with E-state index in [0.717, 1.165) is 30.4 Å². The van der Waals surface area contributed by atoms with Gasteiger partial charge >= 0.3 is 5.97 Å². The second-order valence-electron chi connectivity index (χ2n) is 11.7. The van der Waals surface area contributed by atoms with Crippen molar-refractivity contribution in [1.82, 2.24) is 19.3 Å². The molecule has 0 N–H and O–H groups in total. The molecule has 2 aromatic rings. The fourth-order valence-electron chi connectivity index (χ4n) is 7.09. The third-order valence-corrected chi connectivity index (χ3v) is 8.66. The number of esters is 1. The zero-order valence-electron chi connectivity index (χ0n) is 22.6. The van der Waals surface area contributed by atoms with Crippen molar-refractivity contribution in [3.8, 4) is 5.75 Å². The molecule has 36 heavy (non-hydrogen) atoms. The van der Waals surface area contributed by atoms with E-state index < -0.39 is 0 Å². The molecule has 0 radical (unpaired) electrons. The number of hydrogen-bond acceptors (Lipinski definition) is 6. The first-order chi connectivity index (χ1) is 17.3. The van der Waals surface area contributed by atoms with Crippen molar-refractivity contribution >= 4 is 22.8 Å². The smallest absolute Gasteiger partial charge is 0.312 e. The summed E-state index contributed by atoms with van der Waals surface area (Å²) in [5, 5.41) is 1.08. The van der Waals surface area contributed by atoms with Crippen LogP contribution in [-0.2, 0) is 11.2 Å². The first kappa shape index (κ1) is 25.4. The molecule has 1 unspecified atom stereocenters. The molecule has 4 aliphatic rings. The summed E-state index contributed by atoms with van der Waals surface area (Å²) in [6, 6.07) is 6.40. The number of rotatable bonds is 8. The second-order valence-corrected chi connectivity index (χ2v) is 11.7. The zero-order valence-corrected chi connectivity index (χ0v) is 22.6. The summed E-state index contributed by atoms with van der Waals surface area (Å²) in [5.41, 5.74) is 3.52. The van der Waals surface area contributed by atoms with Crippen molar-refractivity contribution in [3.63, 3.8) is 0 Å². The van der Waals surface area contributed by atoms with Crippen LogP contribution in [0.15, 0.2) is 18.2 Å². The molecule has 7 nitrogen and oxygen atoms in total. The molecule has 4 heterocycles. The number of ether oxygens (including phenoxy) is 1. The van der Waals surface area contributed by atoms with Crippen molar-refractivity contribution in [2.75, 3.05) is 54.4 Å². The molecule has 5 atom stereocenters. The van der Waals surface area contributed by atoms with Gasteiger partial charge in [-0.15, -0.1) is 0 Å². The van der Waals surface area contributed by atoms with E-state index in [0.29, 0.717) is 48.9 Å². The summed E-state index contributed by atoms with van der Waals surface area (Å²) in [6.07, 6.45) is 5.48. The fraction of sp³-hybridized carbons (Fsp3) is 0.655. The maximum atomic E-state index is 13.8. The predicted octanol–water partition coefficient (Wildman–Crippen LogP) is 3.85. The minimum atomic E-state index is -0.222. The van der Waals surface area contributed by atoms with Gasteiger partial charge in [0.15, 0.2) is 0 Å². The maximum absolute atomic E-state index is 13.8. The van der Waals surface area contributed by atoms with Crippen molar-refractivity contribution < 1.29 is 14.3 Å². The van der Waals surface area contributed by atoms with Crippen LogP contribution in [-0.4, -0.2) is 91.6 Å². The Bertz CT molecular complexity index is 1140. The van der Waals surface area contributed by atoms with Gasteiger partial charge in [0.25, 0.3) is 0 Å². The van der Waals surface area contributed by atoms with E-state index in [4.69, 9.17) is 4.74 Å². The molecule has 1 aromatic carbocycles. The quantitative estimate of drug-likeness (QED) is 0.410. The number of nitrogens with zero attached hydrogens (tertiary/aromatic N) is 4. The van der Waals surface area contributed by atoms with E-state index >= 15 is 0 Å². The molecule has 1 saturated carbocycles. The Hall–Kier alpha value is -2.22. The van der Waals surface area contributed by atoms with E-state index in [1.54, 1.807) is 0 Å². The lowest BCUT2D eigenvalue weighted by molar-refractivity contribution is -0.134. The summed E-state index contributed by atoms with van der Waals surface area (Å²) < 4.78 is 7.80. The van der Waals surface area contributed by atoms with Gasteiger partial charge in [-0.3, -0.25) is 19.1 Å². The van der Waals surface area contributed by atoms with Gasteiger partial charge in [-0.2, -0.15) is 0 Å². The van der Waals surface area contributed by atoms with Crippen LogP contribution in [0.4, 0.5) is 0 Å². The molecule has 4 bridgehead atoms. The molecule has 0 spiro atoms. The summed E-state index contributed by atoms with van der Waals surface area (Å²) in [5.74, 6) is 2.33. The molecule has 3 aliphatic heterocycles. The van der Waals surface area contributed by atoms with E-state index in [9.17, 15) is 9.59 Å². The van der Waals surface area contributed by atoms with E-state index in [2.05, 4.69) is 21.3 Å². The molecule has 6 rings (SSSR count). The summed E-state index contributed by atoms with van der Waals surface area (Å²) >= 11 is 0. The Balaban J connectivity index is 1.58. The highest BCUT2D eigenvalue weighted by molar-refractivity contribution is 5.97. The number of piperidine rings is 2. The van der Waals surface area contributed by atoms with Crippen LogP contribution in [0.5, 0.6) is 5.75 Å². The van der Waals surface area contributed by atoms with E-state index in [1.165, 1.54) is 37.1 Å². The maximum Gasteiger partial charge on any atom is 0.312 e. The van der Waals surface area contributed by atoms with Gasteiger partial charge in [-0.25, -0.2) is 0 Å². The van der Waals surface area contributed by atoms with Crippen LogP contribution in [0.3, 0.4) is 0 Å². The number of carbonyl (C=O) groups excluding carboxylic acids is 2. The summed E-state index contributed by atoms with van der Waals surface area (Å²) in [6.45, 7) is 5.96. The Morgan fingerprint density at radius 1 is 1.06 bits per heavy atom. The van der Waals surface area contributed by atoms with Crippen molar-refractivity contribution in [2.45, 2.75) is 57.4 Å². The highest BCUT2D eigenvalue weighted by atomic mass is 16.5. The first-order valence-electron chi connectivity index (χ1n) is 13.7. The van der Waals surface area contributed by atoms with Gasteiger partial charge in [0, 0.05) is 55.6 Å². The van der Waals surface area contributed by atoms with Gasteiger partial charge in [0.1, 0.15) is 5.75 Å². The standard InChI is InChI=1S/C29H42N4O3/c1-6-20-15-19-16-24-28(20)32(18-19)14-9-22-23-17-21(36-27(35)11-13-31(4)5)7-8-25(23)33(29(22)24)26(34)10-12-30(2)3/h7-8,17,19-20,24,28H,6,9-16,18H2,1-5H3/t19-,20+,24-,28+/m1/s1. The number of hydrogen-bond donors (Lipinski definition) is 0. The molecule has 1 aromatic heterocycles. The van der Waals surface area contributed by atoms with E-state index in [1.807, 2.05) is 51.3 Å². The number of aromatic nitrogens is 1. The molecule has 2 saturated heterocycles. The Morgan fingerprint density at radius 2 is 1.81 bits per heavy atom. The Labute approximate surface area is 215 Å². The van der Waals surface area contributed by atoms with Gasteiger partial charge < -0.3 is 14.5 Å². The summed E-state index contributed by atoms with van der Waals surface area (Å²) in [4.78, 5) is 33.0. The number of carbonyl (C=O) groups is 2. The van der Waals surface area contributed by atoms with Crippen LogP contribution >= 0.6 is 0 Å². The van der Waals surface area contributed by atoms with E-state index in [-0.39, 0.29) is 11.9 Å². The largest absolute Gasteiger partial charge is 0.426 e. The fourth-order valence-corrected chi connectivity index (χ4v) is 7.09. The Morgan fingerprint density at radius 3 is 2.53 bits per heavy atom.